The lowest BCUT2D eigenvalue weighted by Gasteiger charge is -2.33. The molecule has 23 aromatic rings. The van der Waals surface area contributed by atoms with Gasteiger partial charge < -0.3 is 4.42 Å². The summed E-state index contributed by atoms with van der Waals surface area (Å²) in [5.41, 5.74) is 30.8. The fraction of sp³-hybridized carbons (Fsp3) is 0.0167. The summed E-state index contributed by atoms with van der Waals surface area (Å²) in [5, 5.41) is 6.93. The number of benzene rings is 19. The molecule has 2 aliphatic rings. The summed E-state index contributed by atoms with van der Waals surface area (Å²) in [4.78, 5) is 30.6. The highest BCUT2D eigenvalue weighted by molar-refractivity contribution is 7.26. The van der Waals surface area contributed by atoms with Crippen LogP contribution in [0, 0.1) is 0 Å². The summed E-state index contributed by atoms with van der Waals surface area (Å²) < 4.78 is 9.22. The first kappa shape index (κ1) is 75.2. The Morgan fingerprint density at radius 2 is 0.562 bits per heavy atom. The largest absolute Gasteiger partial charge is 0.456 e. The molecular weight excluding hydrogens is 1570 g/mol. The number of thiophene rings is 1. The van der Waals surface area contributed by atoms with Crippen molar-refractivity contribution in [3.05, 3.63) is 506 Å². The summed E-state index contributed by atoms with van der Waals surface area (Å²) in [7, 11) is 0. The standard InChI is InChI=1S/C62H39N3O.C58H37N3S/c1-4-18-43(19-5-1)59-63-60(44-20-6-2-7-21-44)65-61(64-59)58-48-24-11-10-17-40(48)35-37-49(58)42-33-31-41(32-34-42)47-27-16-30-56-57(47)52-39-46(36-38-55(52)66-56)62(45-22-8-3-9-23-45)53-28-14-12-25-50(53)51-26-13-15-29-54(51)62;1-4-16-38(17-5-1)42-20-14-21-43(36-42)57-60-55(40-18-6-2-7-19-40)59-56(61-57)41-32-30-39(31-33-41)46-26-15-29-52-54(46)49-35-34-45(37-53(49)62-52)58(44-22-8-3-9-23-44)50-27-12-10-24-47(50)48-25-11-13-28-51(48)58/h1-39H;1-37H. The second-order valence-corrected chi connectivity index (χ2v) is 34.0. The van der Waals surface area contributed by atoms with Gasteiger partial charge in [0.05, 0.1) is 10.8 Å². The minimum Gasteiger partial charge on any atom is -0.456 e. The Morgan fingerprint density at radius 3 is 1.09 bits per heavy atom. The molecule has 0 saturated heterocycles. The van der Waals surface area contributed by atoms with Gasteiger partial charge in [-0.15, -0.1) is 11.3 Å². The van der Waals surface area contributed by atoms with Gasteiger partial charge in [0.25, 0.3) is 0 Å². The molecule has 8 heteroatoms. The molecule has 0 amide bonds. The van der Waals surface area contributed by atoms with Gasteiger partial charge in [0.2, 0.25) is 0 Å². The molecule has 0 radical (unpaired) electrons. The van der Waals surface area contributed by atoms with Gasteiger partial charge in [-0.2, -0.15) is 0 Å². The fourth-order valence-electron chi connectivity index (χ4n) is 20.1. The van der Waals surface area contributed by atoms with Gasteiger partial charge in [-0.05, 0) is 158 Å². The molecule has 0 bridgehead atoms. The Balaban J connectivity index is 0.000000143. The third-order valence-corrected chi connectivity index (χ3v) is 27.0. The zero-order valence-corrected chi connectivity index (χ0v) is 70.2. The summed E-state index contributed by atoms with van der Waals surface area (Å²) in [6.45, 7) is 0. The molecule has 25 rings (SSSR count). The van der Waals surface area contributed by atoms with E-state index in [2.05, 4.69) is 388 Å². The van der Waals surface area contributed by atoms with Crippen LogP contribution in [0.2, 0.25) is 0 Å². The summed E-state index contributed by atoms with van der Waals surface area (Å²) in [6.07, 6.45) is 0. The number of rotatable bonds is 14. The lowest BCUT2D eigenvalue weighted by atomic mass is 9.67. The van der Waals surface area contributed by atoms with E-state index in [-0.39, 0.29) is 0 Å². The molecule has 4 aromatic heterocycles. The van der Waals surface area contributed by atoms with Crippen molar-refractivity contribution in [1.82, 2.24) is 29.9 Å². The van der Waals surface area contributed by atoms with Crippen LogP contribution in [0.3, 0.4) is 0 Å². The van der Waals surface area contributed by atoms with Crippen molar-refractivity contribution >= 4 is 64.2 Å². The minimum absolute atomic E-state index is 0.433. The van der Waals surface area contributed by atoms with Crippen LogP contribution < -0.4 is 0 Å². The predicted molar refractivity (Wildman–Crippen MR) is 526 cm³/mol. The first-order chi connectivity index (χ1) is 63.4. The van der Waals surface area contributed by atoms with Gasteiger partial charge in [-0.1, -0.05) is 425 Å². The Hall–Kier alpha value is -16.5. The lowest BCUT2D eigenvalue weighted by Crippen LogP contribution is -2.28. The highest BCUT2D eigenvalue weighted by Crippen LogP contribution is 2.59. The van der Waals surface area contributed by atoms with Crippen LogP contribution in [0.5, 0.6) is 0 Å². The zero-order chi connectivity index (χ0) is 84.6. The fourth-order valence-corrected chi connectivity index (χ4v) is 21.3. The number of furan rings is 1. The van der Waals surface area contributed by atoms with Crippen molar-refractivity contribution < 1.29 is 4.42 Å². The smallest absolute Gasteiger partial charge is 0.165 e. The number of nitrogens with zero attached hydrogens (tertiary/aromatic N) is 6. The van der Waals surface area contributed by atoms with Crippen molar-refractivity contribution in [2.45, 2.75) is 10.8 Å². The first-order valence-electron chi connectivity index (χ1n) is 43.4. The average Bonchev–Trinajstić information content (AvgIpc) is 1.54. The SMILES string of the molecule is c1ccc(-c2cccc(-c3nc(-c4ccccc4)nc(-c4ccc(-c5cccc6sc7cc(C8(c9ccccc9)c9ccccc9-c9ccccc98)ccc7c56)cc4)n3)c2)cc1.c1ccc(-c2nc(-c3ccccc3)nc(-c3c(-c4ccc(-c5cccc6oc7ccc(C8(c9ccccc9)c9ccccc9-c9ccccc98)cc7c56)cc4)ccc4ccccc34)n2)cc1. The maximum absolute atomic E-state index is 6.67. The van der Waals surface area contributed by atoms with Crippen molar-refractivity contribution in [1.29, 1.82) is 0 Å². The molecule has 0 atom stereocenters. The molecule has 2 aliphatic carbocycles. The van der Waals surface area contributed by atoms with E-state index < -0.39 is 10.8 Å². The van der Waals surface area contributed by atoms with E-state index in [1.807, 2.05) is 84.1 Å². The number of hydrogen-bond acceptors (Lipinski definition) is 8. The van der Waals surface area contributed by atoms with Crippen LogP contribution >= 0.6 is 11.3 Å². The van der Waals surface area contributed by atoms with Crippen LogP contribution in [-0.2, 0) is 10.8 Å². The van der Waals surface area contributed by atoms with Crippen molar-refractivity contribution in [2.75, 3.05) is 0 Å². The van der Waals surface area contributed by atoms with Crippen LogP contribution in [0.25, 0.3) is 188 Å². The second kappa shape index (κ2) is 31.4. The topological polar surface area (TPSA) is 90.5 Å². The summed E-state index contributed by atoms with van der Waals surface area (Å²) in [5.74, 6) is 3.82. The predicted octanol–water partition coefficient (Wildman–Crippen LogP) is 30.6. The highest BCUT2D eigenvalue weighted by atomic mass is 32.1. The van der Waals surface area contributed by atoms with Gasteiger partial charge in [0, 0.05) is 64.3 Å². The Kier molecular flexibility index (Phi) is 18.4. The van der Waals surface area contributed by atoms with Crippen LogP contribution in [0.1, 0.15) is 44.5 Å². The van der Waals surface area contributed by atoms with E-state index in [0.717, 1.165) is 105 Å². The summed E-state index contributed by atoms with van der Waals surface area (Å²) >= 11 is 1.87. The minimum atomic E-state index is -0.511. The third-order valence-electron chi connectivity index (χ3n) is 25.9. The Bertz CT molecular complexity index is 8080. The Morgan fingerprint density at radius 1 is 0.188 bits per heavy atom. The van der Waals surface area contributed by atoms with E-state index in [1.165, 1.54) is 92.5 Å². The molecule has 4 heterocycles. The first-order valence-corrected chi connectivity index (χ1v) is 44.3. The summed E-state index contributed by atoms with van der Waals surface area (Å²) in [6, 6.07) is 165. The molecule has 598 valence electrons. The zero-order valence-electron chi connectivity index (χ0n) is 69.4. The highest BCUT2D eigenvalue weighted by Gasteiger charge is 2.48. The van der Waals surface area contributed by atoms with E-state index in [9.17, 15) is 0 Å². The molecule has 19 aromatic carbocycles. The number of fused-ring (bicyclic) bond motifs is 13. The average molecular weight is 1650 g/mol. The van der Waals surface area contributed by atoms with E-state index in [1.54, 1.807) is 0 Å². The molecular formula is C120H76N6OS. The van der Waals surface area contributed by atoms with Gasteiger partial charge in [0.15, 0.2) is 34.9 Å². The molecule has 0 unspecified atom stereocenters. The van der Waals surface area contributed by atoms with Crippen molar-refractivity contribution in [3.63, 3.8) is 0 Å². The molecule has 0 aliphatic heterocycles. The van der Waals surface area contributed by atoms with Crippen LogP contribution in [0.4, 0.5) is 0 Å². The third kappa shape index (κ3) is 12.6. The number of aromatic nitrogens is 6. The molecule has 128 heavy (non-hydrogen) atoms. The van der Waals surface area contributed by atoms with Crippen LogP contribution in [0.15, 0.2) is 465 Å². The maximum Gasteiger partial charge on any atom is 0.165 e. The van der Waals surface area contributed by atoms with E-state index in [4.69, 9.17) is 34.3 Å². The van der Waals surface area contributed by atoms with Gasteiger partial charge >= 0.3 is 0 Å². The maximum atomic E-state index is 6.67. The monoisotopic (exact) mass is 1650 g/mol. The van der Waals surface area contributed by atoms with Gasteiger partial charge in [-0.25, -0.2) is 29.9 Å². The molecule has 0 spiro atoms. The van der Waals surface area contributed by atoms with Gasteiger partial charge in [-0.3, -0.25) is 0 Å². The van der Waals surface area contributed by atoms with Crippen molar-refractivity contribution in [2.24, 2.45) is 0 Å². The number of hydrogen-bond donors (Lipinski definition) is 0. The van der Waals surface area contributed by atoms with Gasteiger partial charge in [0.1, 0.15) is 11.2 Å². The Labute approximate surface area is 744 Å². The quantitative estimate of drug-likeness (QED) is 0.107. The van der Waals surface area contributed by atoms with Crippen LogP contribution in [-0.4, -0.2) is 29.9 Å². The van der Waals surface area contributed by atoms with E-state index in [0.29, 0.717) is 34.9 Å². The second-order valence-electron chi connectivity index (χ2n) is 32.9. The van der Waals surface area contributed by atoms with Crippen molar-refractivity contribution in [3.8, 4) is 135 Å². The van der Waals surface area contributed by atoms with E-state index >= 15 is 0 Å². The normalized spacial score (nSPS) is 12.7. The molecule has 0 saturated carbocycles. The molecule has 7 nitrogen and oxygen atoms in total. The molecule has 0 N–H and O–H groups in total. The molecule has 0 fully saturated rings. The lowest BCUT2D eigenvalue weighted by molar-refractivity contribution is 0.668.